The number of carboxylic acid groups (broad SMARTS) is 1. The quantitative estimate of drug-likeness (QED) is 0.865. The molecule has 1 heterocycles. The van der Waals surface area contributed by atoms with Gasteiger partial charge in [0.1, 0.15) is 11.5 Å². The number of nitrogens with one attached hydrogen (secondary N) is 1. The number of hydrogen-bond acceptors (Lipinski definition) is 5. The van der Waals surface area contributed by atoms with Crippen LogP contribution in [-0.2, 0) is 11.2 Å². The summed E-state index contributed by atoms with van der Waals surface area (Å²) in [5, 5.41) is 11.3. The third kappa shape index (κ3) is 3.55. The number of benzene rings is 1. The summed E-state index contributed by atoms with van der Waals surface area (Å²) in [5.74, 6) is -0.372. The van der Waals surface area contributed by atoms with E-state index in [4.69, 9.17) is 14.3 Å². The van der Waals surface area contributed by atoms with Crippen molar-refractivity contribution < 1.29 is 28.6 Å². The predicted molar refractivity (Wildman–Crippen MR) is 88.2 cm³/mol. The molecule has 0 saturated carbocycles. The van der Waals surface area contributed by atoms with Crippen LogP contribution >= 0.6 is 0 Å². The van der Waals surface area contributed by atoms with E-state index in [-0.39, 0.29) is 11.5 Å². The number of aliphatic carboxylic acids is 1. The fourth-order valence-electron chi connectivity index (χ4n) is 2.83. The van der Waals surface area contributed by atoms with Gasteiger partial charge in [0.25, 0.3) is 5.91 Å². The Morgan fingerprint density at radius 3 is 2.60 bits per heavy atom. The van der Waals surface area contributed by atoms with Gasteiger partial charge < -0.3 is 19.6 Å². The highest BCUT2D eigenvalue weighted by atomic mass is 16.5. The van der Waals surface area contributed by atoms with Gasteiger partial charge in [-0.1, -0.05) is 0 Å². The van der Waals surface area contributed by atoms with Gasteiger partial charge in [-0.25, -0.2) is 4.79 Å². The maximum atomic E-state index is 12.4. The zero-order chi connectivity index (χ0) is 18.0. The minimum atomic E-state index is -1.07. The number of Topliss-reactive ketones (excluding diaryl/α,β-unsaturated/α-hetero) is 1. The van der Waals surface area contributed by atoms with E-state index in [0.717, 1.165) is 6.42 Å². The summed E-state index contributed by atoms with van der Waals surface area (Å²) in [6.07, 6.45) is 1.87. The van der Waals surface area contributed by atoms with E-state index in [0.29, 0.717) is 41.2 Å². The molecule has 7 heteroatoms. The number of fused-ring (bicyclic) bond motifs is 1. The second kappa shape index (κ2) is 6.80. The zero-order valence-electron chi connectivity index (χ0n) is 13.6. The molecule has 0 unspecified atom stereocenters. The molecule has 2 aromatic rings. The molecule has 0 atom stereocenters. The first-order chi connectivity index (χ1) is 12.0. The number of ketones is 1. The Morgan fingerprint density at radius 1 is 1.24 bits per heavy atom. The Balaban J connectivity index is 1.72. The summed E-state index contributed by atoms with van der Waals surface area (Å²) in [6.45, 7) is 1.28. The molecule has 0 bridgehead atoms. The van der Waals surface area contributed by atoms with E-state index in [9.17, 15) is 14.4 Å². The fraction of sp³-hybridized carbons (Fsp3) is 0.278. The summed E-state index contributed by atoms with van der Waals surface area (Å²) in [4.78, 5) is 34.9. The Labute approximate surface area is 143 Å². The van der Waals surface area contributed by atoms with Gasteiger partial charge in [-0.3, -0.25) is 9.59 Å². The van der Waals surface area contributed by atoms with Gasteiger partial charge in [0.15, 0.2) is 18.2 Å². The molecule has 1 amide bonds. The maximum absolute atomic E-state index is 12.4. The van der Waals surface area contributed by atoms with Gasteiger partial charge in [0, 0.05) is 24.1 Å². The van der Waals surface area contributed by atoms with Crippen LogP contribution < -0.4 is 10.1 Å². The van der Waals surface area contributed by atoms with Crippen molar-refractivity contribution >= 4 is 23.3 Å². The van der Waals surface area contributed by atoms with E-state index >= 15 is 0 Å². The molecule has 25 heavy (non-hydrogen) atoms. The first-order valence-electron chi connectivity index (χ1n) is 7.87. The Kier molecular flexibility index (Phi) is 4.56. The number of hydrogen-bond donors (Lipinski definition) is 2. The molecule has 0 aliphatic heterocycles. The van der Waals surface area contributed by atoms with E-state index in [1.54, 1.807) is 31.2 Å². The minimum Gasteiger partial charge on any atom is -0.482 e. The van der Waals surface area contributed by atoms with Gasteiger partial charge in [-0.15, -0.1) is 0 Å². The molecule has 1 aliphatic rings. The van der Waals surface area contributed by atoms with Crippen LogP contribution in [0, 0.1) is 6.92 Å². The first-order valence-corrected chi connectivity index (χ1v) is 7.87. The molecule has 0 radical (unpaired) electrons. The molecule has 130 valence electrons. The van der Waals surface area contributed by atoms with Crippen molar-refractivity contribution in [2.24, 2.45) is 0 Å². The lowest BCUT2D eigenvalue weighted by Gasteiger charge is -2.07. The summed E-state index contributed by atoms with van der Waals surface area (Å²) in [7, 11) is 0. The molecular formula is C18H17NO6. The first kappa shape index (κ1) is 16.8. The van der Waals surface area contributed by atoms with Crippen molar-refractivity contribution in [2.75, 3.05) is 11.9 Å². The van der Waals surface area contributed by atoms with Crippen LogP contribution in [-0.4, -0.2) is 29.4 Å². The molecule has 1 aromatic carbocycles. The maximum Gasteiger partial charge on any atom is 0.341 e. The highest BCUT2D eigenvalue weighted by Crippen LogP contribution is 2.29. The van der Waals surface area contributed by atoms with Crippen LogP contribution in [0.4, 0.5) is 5.69 Å². The third-order valence-corrected chi connectivity index (χ3v) is 3.99. The van der Waals surface area contributed by atoms with Crippen molar-refractivity contribution in [1.82, 2.24) is 0 Å². The molecule has 2 N–H and O–H groups in total. The van der Waals surface area contributed by atoms with Crippen molar-refractivity contribution in [3.63, 3.8) is 0 Å². The van der Waals surface area contributed by atoms with Crippen molar-refractivity contribution in [2.45, 2.75) is 26.2 Å². The van der Waals surface area contributed by atoms with E-state index in [2.05, 4.69) is 5.32 Å². The largest absolute Gasteiger partial charge is 0.482 e. The molecular weight excluding hydrogens is 326 g/mol. The van der Waals surface area contributed by atoms with Crippen LogP contribution in [0.1, 0.15) is 45.1 Å². The summed E-state index contributed by atoms with van der Waals surface area (Å²) < 4.78 is 10.6. The monoisotopic (exact) mass is 343 g/mol. The smallest absolute Gasteiger partial charge is 0.341 e. The lowest BCUT2D eigenvalue weighted by molar-refractivity contribution is -0.139. The second-order valence-corrected chi connectivity index (χ2v) is 5.79. The zero-order valence-corrected chi connectivity index (χ0v) is 13.6. The number of furan rings is 1. The van der Waals surface area contributed by atoms with E-state index in [1.165, 1.54) is 0 Å². The van der Waals surface area contributed by atoms with Crippen molar-refractivity contribution in [3.8, 4) is 5.75 Å². The topological polar surface area (TPSA) is 106 Å². The van der Waals surface area contributed by atoms with Crippen LogP contribution in [0.5, 0.6) is 5.75 Å². The summed E-state index contributed by atoms with van der Waals surface area (Å²) in [6, 6.07) is 6.31. The summed E-state index contributed by atoms with van der Waals surface area (Å²) >= 11 is 0. The highest BCUT2D eigenvalue weighted by molar-refractivity contribution is 6.07. The van der Waals surface area contributed by atoms with Crippen LogP contribution in [0.2, 0.25) is 0 Å². The molecule has 7 nitrogen and oxygen atoms in total. The third-order valence-electron chi connectivity index (χ3n) is 3.99. The van der Waals surface area contributed by atoms with Gasteiger partial charge in [0.05, 0.1) is 5.56 Å². The minimum absolute atomic E-state index is 0.0153. The molecule has 3 rings (SSSR count). The van der Waals surface area contributed by atoms with Crippen LogP contribution in [0.25, 0.3) is 0 Å². The van der Waals surface area contributed by atoms with Gasteiger partial charge in [-0.2, -0.15) is 0 Å². The van der Waals surface area contributed by atoms with Gasteiger partial charge in [-0.05, 0) is 37.6 Å². The number of carbonyl (C=O) groups is 3. The normalized spacial score (nSPS) is 13.2. The van der Waals surface area contributed by atoms with Crippen molar-refractivity contribution in [3.05, 3.63) is 46.9 Å². The van der Waals surface area contributed by atoms with E-state index < -0.39 is 18.5 Å². The second-order valence-electron chi connectivity index (χ2n) is 5.79. The highest BCUT2D eigenvalue weighted by Gasteiger charge is 2.28. The number of ether oxygens (including phenoxy) is 1. The number of amides is 1. The Morgan fingerprint density at radius 2 is 1.96 bits per heavy atom. The number of carbonyl (C=O) groups excluding carboxylic acids is 2. The van der Waals surface area contributed by atoms with Crippen molar-refractivity contribution in [1.29, 1.82) is 0 Å². The lowest BCUT2D eigenvalue weighted by Crippen LogP contribution is -2.13. The van der Waals surface area contributed by atoms with Crippen LogP contribution in [0.15, 0.2) is 28.7 Å². The SMILES string of the molecule is Cc1c(C(=O)Nc2ccc(OCC(=O)O)cc2)oc2c1C(=O)CCC2. The standard InChI is InChI=1S/C18H17NO6/c1-10-16-13(20)3-2-4-14(16)25-17(10)18(23)19-11-5-7-12(8-6-11)24-9-15(21)22/h5-8H,2-4,9H2,1H3,(H,19,23)(H,21,22). The van der Waals surface area contributed by atoms with Gasteiger partial charge in [0.2, 0.25) is 0 Å². The van der Waals surface area contributed by atoms with Gasteiger partial charge >= 0.3 is 5.97 Å². The lowest BCUT2D eigenvalue weighted by atomic mass is 9.94. The molecule has 0 fully saturated rings. The fourth-order valence-corrected chi connectivity index (χ4v) is 2.83. The molecule has 1 aromatic heterocycles. The average Bonchev–Trinajstić information content (AvgIpc) is 2.92. The molecule has 0 saturated heterocycles. The number of aryl methyl sites for hydroxylation is 1. The molecule has 0 spiro atoms. The summed E-state index contributed by atoms with van der Waals surface area (Å²) in [5.41, 5.74) is 1.61. The average molecular weight is 343 g/mol. The van der Waals surface area contributed by atoms with E-state index in [1.807, 2.05) is 0 Å². The Hall–Kier alpha value is -3.09. The Bertz CT molecular complexity index is 834. The predicted octanol–water partition coefficient (Wildman–Crippen LogP) is 2.82. The number of carboxylic acids is 1. The number of rotatable bonds is 5. The number of anilines is 1. The van der Waals surface area contributed by atoms with Crippen LogP contribution in [0.3, 0.4) is 0 Å². The molecule has 1 aliphatic carbocycles.